The Morgan fingerprint density at radius 2 is 1.12 bits per heavy atom. The second-order valence-electron chi connectivity index (χ2n) is 3.53. The van der Waals surface area contributed by atoms with Crippen LogP contribution in [0.4, 0.5) is 0 Å². The number of phenolic OH excluding ortho intramolecular Hbond substituents is 2. The molecule has 0 amide bonds. The molecular formula is C14H13NO2. The fourth-order valence-corrected chi connectivity index (χ4v) is 1.55. The predicted molar refractivity (Wildman–Crippen MR) is 68.1 cm³/mol. The molecule has 3 heteroatoms. The quantitative estimate of drug-likeness (QED) is 0.516. The third kappa shape index (κ3) is 2.58. The Labute approximate surface area is 99.0 Å². The van der Waals surface area contributed by atoms with Crippen LogP contribution in [0.1, 0.15) is 0 Å². The van der Waals surface area contributed by atoms with E-state index >= 15 is 0 Å². The molecule has 0 aliphatic carbocycles. The van der Waals surface area contributed by atoms with Crippen LogP contribution in [0.3, 0.4) is 0 Å². The van der Waals surface area contributed by atoms with Gasteiger partial charge in [0.25, 0.3) is 0 Å². The summed E-state index contributed by atoms with van der Waals surface area (Å²) in [4.78, 5) is 2.86. The molecule has 0 radical (unpaired) electrons. The Morgan fingerprint density at radius 3 is 1.47 bits per heavy atom. The Morgan fingerprint density at radius 1 is 0.647 bits per heavy atom. The number of aromatic hydroxyl groups is 2. The molecule has 1 aromatic heterocycles. The van der Waals surface area contributed by atoms with E-state index in [1.165, 1.54) is 12.1 Å². The molecule has 3 aromatic rings. The number of H-pyrrole nitrogens is 1. The summed E-state index contributed by atoms with van der Waals surface area (Å²) in [6.07, 6.45) is 3.75. The zero-order valence-corrected chi connectivity index (χ0v) is 9.17. The molecule has 0 saturated heterocycles. The first-order valence-electron chi connectivity index (χ1n) is 5.26. The fourth-order valence-electron chi connectivity index (χ4n) is 1.55. The summed E-state index contributed by atoms with van der Waals surface area (Å²) < 4.78 is 0. The van der Waals surface area contributed by atoms with Gasteiger partial charge in [0.05, 0.1) is 0 Å². The van der Waals surface area contributed by atoms with Crippen LogP contribution in [0.2, 0.25) is 0 Å². The van der Waals surface area contributed by atoms with E-state index in [0.717, 1.165) is 0 Å². The third-order valence-corrected chi connectivity index (χ3v) is 2.37. The van der Waals surface area contributed by atoms with E-state index in [4.69, 9.17) is 0 Å². The molecule has 0 bridgehead atoms. The van der Waals surface area contributed by atoms with Gasteiger partial charge in [-0.1, -0.05) is 24.3 Å². The van der Waals surface area contributed by atoms with Crippen LogP contribution in [-0.4, -0.2) is 15.2 Å². The van der Waals surface area contributed by atoms with Gasteiger partial charge in [0, 0.05) is 23.2 Å². The van der Waals surface area contributed by atoms with Crippen LogP contribution in [0.25, 0.3) is 10.8 Å². The van der Waals surface area contributed by atoms with Gasteiger partial charge in [-0.3, -0.25) is 0 Å². The number of aromatic amines is 1. The highest BCUT2D eigenvalue weighted by Gasteiger charge is 2.01. The molecule has 0 fully saturated rings. The topological polar surface area (TPSA) is 56.2 Å². The maximum Gasteiger partial charge on any atom is 0.123 e. The summed E-state index contributed by atoms with van der Waals surface area (Å²) in [5, 5.41) is 20.1. The fraction of sp³-hybridized carbons (Fsp3) is 0. The normalized spacial score (nSPS) is 9.65. The van der Waals surface area contributed by atoms with Crippen LogP contribution >= 0.6 is 0 Å². The summed E-state index contributed by atoms with van der Waals surface area (Å²) in [5.74, 6) is 0.395. The maximum absolute atomic E-state index is 9.38. The van der Waals surface area contributed by atoms with Crippen LogP contribution in [0.15, 0.2) is 60.9 Å². The van der Waals surface area contributed by atoms with Gasteiger partial charge in [0.2, 0.25) is 0 Å². The van der Waals surface area contributed by atoms with Crippen molar-refractivity contribution >= 4 is 10.8 Å². The number of nitrogens with one attached hydrogen (secondary N) is 1. The summed E-state index contributed by atoms with van der Waals surface area (Å²) in [6.45, 7) is 0. The molecule has 17 heavy (non-hydrogen) atoms. The second-order valence-corrected chi connectivity index (χ2v) is 3.53. The molecule has 0 aliphatic rings. The van der Waals surface area contributed by atoms with Gasteiger partial charge in [-0.05, 0) is 24.3 Å². The second kappa shape index (κ2) is 5.07. The first kappa shape index (κ1) is 11.1. The maximum atomic E-state index is 9.38. The molecular weight excluding hydrogens is 214 g/mol. The Balaban J connectivity index is 0.000000181. The molecule has 0 unspecified atom stereocenters. The molecule has 3 nitrogen and oxygen atoms in total. The average Bonchev–Trinajstić information content (AvgIpc) is 2.93. The monoisotopic (exact) mass is 227 g/mol. The van der Waals surface area contributed by atoms with Gasteiger partial charge >= 0.3 is 0 Å². The van der Waals surface area contributed by atoms with Crippen molar-refractivity contribution in [1.82, 2.24) is 4.98 Å². The van der Waals surface area contributed by atoms with Gasteiger partial charge in [-0.2, -0.15) is 0 Å². The number of hydrogen-bond donors (Lipinski definition) is 3. The number of rotatable bonds is 0. The lowest BCUT2D eigenvalue weighted by molar-refractivity contribution is 0.469. The van der Waals surface area contributed by atoms with E-state index in [1.54, 1.807) is 12.1 Å². The van der Waals surface area contributed by atoms with Gasteiger partial charge < -0.3 is 15.2 Å². The van der Waals surface area contributed by atoms with Crippen molar-refractivity contribution in [3.8, 4) is 11.5 Å². The van der Waals surface area contributed by atoms with Crippen LogP contribution in [-0.2, 0) is 0 Å². The molecule has 0 saturated carbocycles. The predicted octanol–water partition coefficient (Wildman–Crippen LogP) is 3.27. The average molecular weight is 227 g/mol. The zero-order valence-electron chi connectivity index (χ0n) is 9.17. The van der Waals surface area contributed by atoms with Crippen LogP contribution in [0.5, 0.6) is 11.5 Å². The molecule has 3 rings (SSSR count). The highest BCUT2D eigenvalue weighted by molar-refractivity contribution is 5.92. The van der Waals surface area contributed by atoms with E-state index in [2.05, 4.69) is 4.98 Å². The standard InChI is InChI=1S/C10H8O2.C4H5N/c11-9-5-6-10(12)8-4-2-1-3-7(8)9;1-2-4-5-3-1/h1-6,11-12H;1-5H. The van der Waals surface area contributed by atoms with Gasteiger partial charge in [-0.25, -0.2) is 0 Å². The molecule has 3 N–H and O–H groups in total. The van der Waals surface area contributed by atoms with Crippen LogP contribution in [0, 0.1) is 0 Å². The Kier molecular flexibility index (Phi) is 3.31. The lowest BCUT2D eigenvalue weighted by Crippen LogP contribution is -1.73. The molecule has 1 heterocycles. The summed E-state index contributed by atoms with van der Waals surface area (Å²) >= 11 is 0. The van der Waals surface area contributed by atoms with E-state index in [9.17, 15) is 10.2 Å². The number of benzene rings is 2. The smallest absolute Gasteiger partial charge is 0.123 e. The Hall–Kier alpha value is -2.42. The minimum absolute atomic E-state index is 0.198. The van der Waals surface area contributed by atoms with Crippen molar-refractivity contribution in [2.75, 3.05) is 0 Å². The minimum atomic E-state index is 0.198. The lowest BCUT2D eigenvalue weighted by Gasteiger charge is -2.01. The van der Waals surface area contributed by atoms with Crippen molar-refractivity contribution in [2.24, 2.45) is 0 Å². The first-order chi connectivity index (χ1) is 8.29. The van der Waals surface area contributed by atoms with E-state index in [1.807, 2.05) is 36.7 Å². The van der Waals surface area contributed by atoms with E-state index < -0.39 is 0 Å². The summed E-state index contributed by atoms with van der Waals surface area (Å²) in [6, 6.07) is 14.0. The Bertz CT molecular complexity index is 531. The van der Waals surface area contributed by atoms with Gasteiger partial charge in [0.15, 0.2) is 0 Å². The van der Waals surface area contributed by atoms with Crippen molar-refractivity contribution in [3.05, 3.63) is 60.9 Å². The van der Waals surface area contributed by atoms with E-state index in [0.29, 0.717) is 10.8 Å². The van der Waals surface area contributed by atoms with Gasteiger partial charge in [0.1, 0.15) is 11.5 Å². The van der Waals surface area contributed by atoms with Crippen LogP contribution < -0.4 is 0 Å². The molecule has 0 spiro atoms. The summed E-state index contributed by atoms with van der Waals surface area (Å²) in [7, 11) is 0. The zero-order chi connectivity index (χ0) is 12.1. The summed E-state index contributed by atoms with van der Waals surface area (Å²) in [5.41, 5.74) is 0. The molecule has 0 atom stereocenters. The van der Waals surface area contributed by atoms with Crippen molar-refractivity contribution in [3.63, 3.8) is 0 Å². The number of phenols is 2. The molecule has 86 valence electrons. The highest BCUT2D eigenvalue weighted by atomic mass is 16.3. The first-order valence-corrected chi connectivity index (χ1v) is 5.26. The highest BCUT2D eigenvalue weighted by Crippen LogP contribution is 2.30. The van der Waals surface area contributed by atoms with Crippen molar-refractivity contribution in [2.45, 2.75) is 0 Å². The van der Waals surface area contributed by atoms with Crippen molar-refractivity contribution in [1.29, 1.82) is 0 Å². The number of fused-ring (bicyclic) bond motifs is 1. The molecule has 0 aliphatic heterocycles. The number of aromatic nitrogens is 1. The van der Waals surface area contributed by atoms with Gasteiger partial charge in [-0.15, -0.1) is 0 Å². The van der Waals surface area contributed by atoms with E-state index in [-0.39, 0.29) is 11.5 Å². The number of hydrogen-bond acceptors (Lipinski definition) is 2. The largest absolute Gasteiger partial charge is 0.507 e. The molecule has 2 aromatic carbocycles. The SMILES string of the molecule is Oc1ccc(O)c2ccccc12.c1cc[nH]c1. The minimum Gasteiger partial charge on any atom is -0.507 e. The lowest BCUT2D eigenvalue weighted by atomic mass is 10.1. The van der Waals surface area contributed by atoms with Crippen molar-refractivity contribution < 1.29 is 10.2 Å². The third-order valence-electron chi connectivity index (χ3n) is 2.37.